The second kappa shape index (κ2) is 6.37. The average Bonchev–Trinajstić information content (AvgIpc) is 2.96. The van der Waals surface area contributed by atoms with E-state index in [0.29, 0.717) is 11.1 Å². The normalized spacial score (nSPS) is 18.9. The highest BCUT2D eigenvalue weighted by Crippen LogP contribution is 2.51. The Morgan fingerprint density at radius 1 is 1.12 bits per heavy atom. The molecule has 0 aliphatic carbocycles. The first-order valence-corrected chi connectivity index (χ1v) is 7.48. The van der Waals surface area contributed by atoms with Gasteiger partial charge >= 0.3 is 5.97 Å². The number of aliphatic carboxylic acids is 1. The summed E-state index contributed by atoms with van der Waals surface area (Å²) in [4.78, 5) is 10.6. The van der Waals surface area contributed by atoms with Crippen molar-refractivity contribution in [1.82, 2.24) is 0 Å². The number of carboxylic acid groups (broad SMARTS) is 1. The second-order valence-corrected chi connectivity index (χ2v) is 5.67. The van der Waals surface area contributed by atoms with E-state index in [4.69, 9.17) is 9.84 Å². The molecule has 2 atom stereocenters. The second-order valence-electron chi connectivity index (χ2n) is 5.67. The van der Waals surface area contributed by atoms with Gasteiger partial charge in [-0.15, -0.1) is 0 Å². The summed E-state index contributed by atoms with van der Waals surface area (Å²) in [6.45, 7) is -0.261. The Labute approximate surface area is 142 Å². The highest BCUT2D eigenvalue weighted by Gasteiger charge is 2.37. The van der Waals surface area contributed by atoms with Gasteiger partial charge in [0.05, 0.1) is 12.5 Å². The van der Waals surface area contributed by atoms with Gasteiger partial charge in [-0.3, -0.25) is 0 Å². The summed E-state index contributed by atoms with van der Waals surface area (Å²) in [6, 6.07) is 7.38. The lowest BCUT2D eigenvalue weighted by Gasteiger charge is -2.18. The van der Waals surface area contributed by atoms with E-state index < -0.39 is 18.0 Å². The topological polar surface area (TPSA) is 127 Å². The zero-order valence-electron chi connectivity index (χ0n) is 13.0. The molecule has 0 aromatic heterocycles. The van der Waals surface area contributed by atoms with Crippen LogP contribution >= 0.6 is 0 Å². The van der Waals surface area contributed by atoms with Crippen LogP contribution in [0.4, 0.5) is 0 Å². The Hall–Kier alpha value is -3.19. The van der Waals surface area contributed by atoms with Crippen molar-refractivity contribution < 1.29 is 35.1 Å². The summed E-state index contributed by atoms with van der Waals surface area (Å²) in [7, 11) is 0. The lowest BCUT2D eigenvalue weighted by Crippen LogP contribution is -2.13. The fraction of sp³-hybridized carbons (Fsp3) is 0.167. The maximum absolute atomic E-state index is 10.6. The third-order valence-corrected chi connectivity index (χ3v) is 4.13. The van der Waals surface area contributed by atoms with Crippen molar-refractivity contribution in [3.8, 4) is 23.0 Å². The van der Waals surface area contributed by atoms with Crippen molar-refractivity contribution in [3.05, 3.63) is 53.1 Å². The quantitative estimate of drug-likeness (QED) is 0.424. The number of hydrogen-bond acceptors (Lipinski definition) is 6. The molecule has 2 aromatic carbocycles. The Kier molecular flexibility index (Phi) is 4.24. The van der Waals surface area contributed by atoms with Crippen LogP contribution in [0.1, 0.15) is 28.7 Å². The van der Waals surface area contributed by atoms with Gasteiger partial charge < -0.3 is 30.3 Å². The molecule has 1 heterocycles. The smallest absolute Gasteiger partial charge is 0.328 e. The molecule has 0 amide bonds. The Balaban J connectivity index is 2.01. The van der Waals surface area contributed by atoms with E-state index in [1.54, 1.807) is 12.1 Å². The molecule has 5 N–H and O–H groups in total. The average molecular weight is 344 g/mol. The number of rotatable bonds is 4. The molecule has 3 rings (SSSR count). The number of carboxylic acids is 1. The van der Waals surface area contributed by atoms with E-state index in [1.165, 1.54) is 24.3 Å². The maximum Gasteiger partial charge on any atom is 0.328 e. The number of phenolic OH excluding ortho intramolecular Hbond substituents is 3. The van der Waals surface area contributed by atoms with E-state index >= 15 is 0 Å². The van der Waals surface area contributed by atoms with E-state index in [1.807, 2.05) is 0 Å². The number of aromatic hydroxyl groups is 3. The van der Waals surface area contributed by atoms with Crippen LogP contribution in [0, 0.1) is 0 Å². The fourth-order valence-corrected chi connectivity index (χ4v) is 2.90. The number of fused-ring (bicyclic) bond motifs is 1. The van der Waals surface area contributed by atoms with Crippen molar-refractivity contribution in [2.75, 3.05) is 6.61 Å². The zero-order valence-corrected chi connectivity index (χ0v) is 13.0. The zero-order chi connectivity index (χ0) is 18.1. The van der Waals surface area contributed by atoms with Gasteiger partial charge in [-0.1, -0.05) is 18.2 Å². The monoisotopic (exact) mass is 344 g/mol. The van der Waals surface area contributed by atoms with Gasteiger partial charge in [-0.2, -0.15) is 0 Å². The van der Waals surface area contributed by atoms with Crippen LogP contribution in [0.25, 0.3) is 6.08 Å². The molecule has 0 spiro atoms. The van der Waals surface area contributed by atoms with Gasteiger partial charge in [0, 0.05) is 17.2 Å². The summed E-state index contributed by atoms with van der Waals surface area (Å²) >= 11 is 0. The summed E-state index contributed by atoms with van der Waals surface area (Å²) in [5.74, 6) is -2.29. The number of phenols is 3. The Morgan fingerprint density at radius 2 is 1.88 bits per heavy atom. The third kappa shape index (κ3) is 2.97. The van der Waals surface area contributed by atoms with Crippen molar-refractivity contribution in [2.24, 2.45) is 0 Å². The molecule has 0 fully saturated rings. The summed E-state index contributed by atoms with van der Waals surface area (Å²) in [5, 5.41) is 47.9. The minimum Gasteiger partial charge on any atom is -0.504 e. The standard InChI is InChI=1S/C18H16O7/c19-8-12-11-4-1-9(3-6-15(22)23)16(24)18(11)25-17(12)10-2-5-13(20)14(21)7-10/h1-7,12,17,19-21,24H,8H2,(H,22,23)/b6-3+/t12-,17+/m0/s1. The number of aliphatic hydroxyl groups is 1. The summed E-state index contributed by atoms with van der Waals surface area (Å²) < 4.78 is 5.79. The molecule has 130 valence electrons. The molecule has 2 aromatic rings. The molecule has 25 heavy (non-hydrogen) atoms. The van der Waals surface area contributed by atoms with Crippen molar-refractivity contribution in [1.29, 1.82) is 0 Å². The molecule has 0 unspecified atom stereocenters. The number of ether oxygens (including phenoxy) is 1. The molecule has 1 aliphatic heterocycles. The fourth-order valence-electron chi connectivity index (χ4n) is 2.90. The number of aliphatic hydroxyl groups excluding tert-OH is 1. The molecule has 0 radical (unpaired) electrons. The van der Waals surface area contributed by atoms with Crippen molar-refractivity contribution in [2.45, 2.75) is 12.0 Å². The largest absolute Gasteiger partial charge is 0.504 e. The van der Waals surface area contributed by atoms with Crippen LogP contribution in [0.2, 0.25) is 0 Å². The first-order chi connectivity index (χ1) is 11.9. The van der Waals surface area contributed by atoms with E-state index in [0.717, 1.165) is 6.08 Å². The molecule has 0 bridgehead atoms. The molecule has 1 aliphatic rings. The lowest BCUT2D eigenvalue weighted by molar-refractivity contribution is -0.131. The number of hydrogen-bond donors (Lipinski definition) is 5. The summed E-state index contributed by atoms with van der Waals surface area (Å²) in [6.07, 6.45) is 1.47. The van der Waals surface area contributed by atoms with Crippen LogP contribution in [0.15, 0.2) is 36.4 Å². The third-order valence-electron chi connectivity index (χ3n) is 4.13. The molecule has 7 nitrogen and oxygen atoms in total. The van der Waals surface area contributed by atoms with E-state index in [9.17, 15) is 25.2 Å². The highest BCUT2D eigenvalue weighted by molar-refractivity contribution is 5.86. The van der Waals surface area contributed by atoms with Crippen LogP contribution < -0.4 is 4.74 Å². The molecular formula is C18H16O7. The molecule has 0 saturated carbocycles. The summed E-state index contributed by atoms with van der Waals surface area (Å²) in [5.41, 5.74) is 1.37. The lowest BCUT2D eigenvalue weighted by atomic mass is 9.91. The number of carbonyl (C=O) groups is 1. The minimum absolute atomic E-state index is 0.157. The van der Waals surface area contributed by atoms with E-state index in [2.05, 4.69) is 0 Å². The van der Waals surface area contributed by atoms with Gasteiger partial charge in [0.15, 0.2) is 23.0 Å². The molecular weight excluding hydrogens is 328 g/mol. The van der Waals surface area contributed by atoms with E-state index in [-0.39, 0.29) is 35.2 Å². The van der Waals surface area contributed by atoms with Gasteiger partial charge in [0.2, 0.25) is 0 Å². The van der Waals surface area contributed by atoms with Crippen LogP contribution in [0.5, 0.6) is 23.0 Å². The minimum atomic E-state index is -1.15. The predicted molar refractivity (Wildman–Crippen MR) is 87.7 cm³/mol. The van der Waals surface area contributed by atoms with Crippen LogP contribution in [0.3, 0.4) is 0 Å². The maximum atomic E-state index is 10.6. The van der Waals surface area contributed by atoms with Crippen molar-refractivity contribution >= 4 is 12.0 Å². The SMILES string of the molecule is O=C(O)/C=C/c1ccc2c(c1O)O[C@H](c1ccc(O)c(O)c1)[C@H]2CO. The van der Waals surface area contributed by atoms with Gasteiger partial charge in [0.25, 0.3) is 0 Å². The van der Waals surface area contributed by atoms with Crippen molar-refractivity contribution in [3.63, 3.8) is 0 Å². The molecule has 0 saturated heterocycles. The van der Waals surface area contributed by atoms with Crippen LogP contribution in [-0.2, 0) is 4.79 Å². The predicted octanol–water partition coefficient (Wildman–Crippen LogP) is 2.11. The number of benzene rings is 2. The van der Waals surface area contributed by atoms with Gasteiger partial charge in [0.1, 0.15) is 6.10 Å². The first-order valence-electron chi connectivity index (χ1n) is 7.48. The molecule has 7 heteroatoms. The Bertz CT molecular complexity index is 857. The highest BCUT2D eigenvalue weighted by atomic mass is 16.5. The van der Waals surface area contributed by atoms with Crippen LogP contribution in [-0.4, -0.2) is 38.1 Å². The van der Waals surface area contributed by atoms with Gasteiger partial charge in [-0.25, -0.2) is 4.79 Å². The van der Waals surface area contributed by atoms with Gasteiger partial charge in [-0.05, 0) is 23.8 Å². The Morgan fingerprint density at radius 3 is 2.52 bits per heavy atom. The first kappa shape index (κ1) is 16.7.